The zero-order chi connectivity index (χ0) is 18.6. The predicted octanol–water partition coefficient (Wildman–Crippen LogP) is 4.12. The molecule has 0 aliphatic heterocycles. The number of carbonyl (C=O) groups excluding carboxylic acids is 1. The van der Waals surface area contributed by atoms with Crippen LogP contribution in [0.15, 0.2) is 29.3 Å². The summed E-state index contributed by atoms with van der Waals surface area (Å²) in [5.41, 5.74) is 2.31. The first-order chi connectivity index (χ1) is 11.8. The average Bonchev–Trinajstić information content (AvgIpc) is 2.95. The number of thioether (sulfide) groups is 1. The summed E-state index contributed by atoms with van der Waals surface area (Å²) >= 11 is 1.61. The van der Waals surface area contributed by atoms with Gasteiger partial charge in [0.1, 0.15) is 0 Å². The van der Waals surface area contributed by atoms with Gasteiger partial charge in [-0.15, -0.1) is 11.8 Å². The molecule has 1 amide bonds. The molecule has 0 aliphatic carbocycles. The first kappa shape index (κ1) is 19.9. The molecule has 0 bridgehead atoms. The molecule has 1 heterocycles. The number of rotatable bonds is 8. The van der Waals surface area contributed by atoms with E-state index in [1.54, 1.807) is 11.8 Å². The van der Waals surface area contributed by atoms with Gasteiger partial charge in [-0.25, -0.2) is 0 Å². The molecule has 138 valence electrons. The van der Waals surface area contributed by atoms with Crippen LogP contribution in [0.1, 0.15) is 39.7 Å². The number of hydrogen-bond acceptors (Lipinski definition) is 3. The van der Waals surface area contributed by atoms with Crippen molar-refractivity contribution in [2.75, 3.05) is 6.61 Å². The fourth-order valence-electron chi connectivity index (χ4n) is 2.91. The highest BCUT2D eigenvalue weighted by atomic mass is 32.2. The van der Waals surface area contributed by atoms with Gasteiger partial charge >= 0.3 is 0 Å². The second kappa shape index (κ2) is 8.77. The van der Waals surface area contributed by atoms with Crippen LogP contribution in [0.3, 0.4) is 0 Å². The maximum atomic E-state index is 12.8. The van der Waals surface area contributed by atoms with E-state index in [1.165, 1.54) is 10.9 Å². The fourth-order valence-corrected chi connectivity index (χ4v) is 4.39. The largest absolute Gasteiger partial charge is 0.394 e. The van der Waals surface area contributed by atoms with E-state index in [9.17, 15) is 9.90 Å². The minimum absolute atomic E-state index is 0.00869. The Morgan fingerprint density at radius 1 is 1.28 bits per heavy atom. The highest BCUT2D eigenvalue weighted by molar-refractivity contribution is 8.00. The van der Waals surface area contributed by atoms with Crippen LogP contribution in [0, 0.1) is 18.8 Å². The summed E-state index contributed by atoms with van der Waals surface area (Å²) in [6.45, 7) is 10.3. The lowest BCUT2D eigenvalue weighted by Crippen LogP contribution is -2.45. The van der Waals surface area contributed by atoms with Gasteiger partial charge in [0.05, 0.1) is 17.9 Å². The van der Waals surface area contributed by atoms with Crippen LogP contribution in [-0.2, 0) is 4.79 Å². The molecule has 0 saturated carbocycles. The Hall–Kier alpha value is -1.46. The number of aromatic nitrogens is 1. The van der Waals surface area contributed by atoms with E-state index >= 15 is 0 Å². The maximum absolute atomic E-state index is 12.8. The van der Waals surface area contributed by atoms with Gasteiger partial charge in [-0.05, 0) is 36.8 Å². The molecule has 25 heavy (non-hydrogen) atoms. The Labute approximate surface area is 154 Å². The third-order valence-electron chi connectivity index (χ3n) is 4.45. The van der Waals surface area contributed by atoms with Gasteiger partial charge in [0.25, 0.3) is 0 Å². The first-order valence-electron chi connectivity index (χ1n) is 8.98. The van der Waals surface area contributed by atoms with Crippen LogP contribution in [0.2, 0.25) is 0 Å². The maximum Gasteiger partial charge on any atom is 0.233 e. The van der Waals surface area contributed by atoms with Gasteiger partial charge in [0.2, 0.25) is 5.91 Å². The van der Waals surface area contributed by atoms with Crippen LogP contribution in [0.25, 0.3) is 10.9 Å². The van der Waals surface area contributed by atoms with Crippen molar-refractivity contribution in [1.29, 1.82) is 0 Å². The number of aryl methyl sites for hydroxylation is 1. The second-order valence-corrected chi connectivity index (χ2v) is 8.67. The van der Waals surface area contributed by atoms with Crippen molar-refractivity contribution in [1.82, 2.24) is 10.3 Å². The standard InChI is InChI=1S/C20H30N2O2S/c1-12(2)9-17(20(24)22-16(11-23)13(3)4)25-18-10-21-15-8-6-7-14(5)19(15)18/h6-8,10,12-13,16-17,21,23H,9,11H2,1-5H3,(H,22,24)/t16-,17?/m1/s1. The first-order valence-corrected chi connectivity index (χ1v) is 9.86. The lowest BCUT2D eigenvalue weighted by atomic mass is 10.0. The number of H-pyrrole nitrogens is 1. The average molecular weight is 363 g/mol. The number of aromatic amines is 1. The molecule has 3 N–H and O–H groups in total. The van der Waals surface area contributed by atoms with E-state index in [-0.39, 0.29) is 29.7 Å². The van der Waals surface area contributed by atoms with Crippen LogP contribution >= 0.6 is 11.8 Å². The lowest BCUT2D eigenvalue weighted by molar-refractivity contribution is -0.122. The summed E-state index contributed by atoms with van der Waals surface area (Å²) in [4.78, 5) is 17.3. The van der Waals surface area contributed by atoms with E-state index in [2.05, 4.69) is 43.2 Å². The Morgan fingerprint density at radius 2 is 2.00 bits per heavy atom. The molecule has 0 saturated heterocycles. The Bertz CT molecular complexity index is 709. The van der Waals surface area contributed by atoms with Crippen molar-refractivity contribution in [2.24, 2.45) is 11.8 Å². The summed E-state index contributed by atoms with van der Waals surface area (Å²) in [6, 6.07) is 5.99. The molecule has 1 unspecified atom stereocenters. The molecular formula is C20H30N2O2S. The summed E-state index contributed by atoms with van der Waals surface area (Å²) in [7, 11) is 0. The molecule has 5 heteroatoms. The minimum Gasteiger partial charge on any atom is -0.394 e. The van der Waals surface area contributed by atoms with Gasteiger partial charge in [-0.2, -0.15) is 0 Å². The molecule has 0 fully saturated rings. The summed E-state index contributed by atoms with van der Waals surface area (Å²) in [5.74, 6) is 0.629. The van der Waals surface area contributed by atoms with Gasteiger partial charge in [0, 0.05) is 22.0 Å². The van der Waals surface area contributed by atoms with Crippen LogP contribution in [-0.4, -0.2) is 33.9 Å². The molecule has 0 aliphatic rings. The molecule has 0 spiro atoms. The second-order valence-electron chi connectivity index (χ2n) is 7.43. The third-order valence-corrected chi connectivity index (χ3v) is 5.72. The Kier molecular flexibility index (Phi) is 6.96. The van der Waals surface area contributed by atoms with Gasteiger partial charge in [-0.1, -0.05) is 39.8 Å². The number of amides is 1. The van der Waals surface area contributed by atoms with Crippen molar-refractivity contribution in [3.8, 4) is 0 Å². The number of benzene rings is 1. The van der Waals surface area contributed by atoms with Crippen LogP contribution < -0.4 is 5.32 Å². The molecule has 4 nitrogen and oxygen atoms in total. The van der Waals surface area contributed by atoms with E-state index in [4.69, 9.17) is 0 Å². The van der Waals surface area contributed by atoms with E-state index in [0.29, 0.717) is 5.92 Å². The van der Waals surface area contributed by atoms with Crippen LogP contribution in [0.4, 0.5) is 0 Å². The quantitative estimate of drug-likeness (QED) is 0.619. The van der Waals surface area contributed by atoms with Gasteiger partial charge in [0.15, 0.2) is 0 Å². The Balaban J connectivity index is 2.23. The number of aliphatic hydroxyl groups is 1. The van der Waals surface area contributed by atoms with E-state index < -0.39 is 0 Å². The Morgan fingerprint density at radius 3 is 2.60 bits per heavy atom. The monoisotopic (exact) mass is 362 g/mol. The minimum atomic E-state index is -0.201. The van der Waals surface area contributed by atoms with Crippen LogP contribution in [0.5, 0.6) is 0 Å². The highest BCUT2D eigenvalue weighted by Crippen LogP contribution is 2.35. The molecule has 1 aromatic heterocycles. The molecule has 2 atom stereocenters. The third kappa shape index (κ3) is 5.02. The fraction of sp³-hybridized carbons (Fsp3) is 0.550. The molecule has 0 radical (unpaired) electrons. The smallest absolute Gasteiger partial charge is 0.233 e. The van der Waals surface area contributed by atoms with Crippen molar-refractivity contribution in [3.05, 3.63) is 30.0 Å². The molecule has 1 aromatic carbocycles. The number of hydrogen-bond donors (Lipinski definition) is 3. The highest BCUT2D eigenvalue weighted by Gasteiger charge is 2.25. The summed E-state index contributed by atoms with van der Waals surface area (Å²) in [5, 5.41) is 13.6. The number of fused-ring (bicyclic) bond motifs is 1. The van der Waals surface area contributed by atoms with Crippen molar-refractivity contribution >= 4 is 28.6 Å². The number of nitrogens with one attached hydrogen (secondary N) is 2. The van der Waals surface area contributed by atoms with Crippen molar-refractivity contribution in [2.45, 2.75) is 57.2 Å². The molecule has 2 rings (SSSR count). The van der Waals surface area contributed by atoms with Gasteiger partial charge in [-0.3, -0.25) is 4.79 Å². The molecule has 2 aromatic rings. The SMILES string of the molecule is Cc1cccc2[nH]cc(SC(CC(C)C)C(=O)N[C@H](CO)C(C)C)c12. The summed E-state index contributed by atoms with van der Waals surface area (Å²) < 4.78 is 0. The zero-order valence-corrected chi connectivity index (χ0v) is 16.6. The predicted molar refractivity (Wildman–Crippen MR) is 106 cm³/mol. The van der Waals surface area contributed by atoms with Crippen molar-refractivity contribution in [3.63, 3.8) is 0 Å². The summed E-state index contributed by atoms with van der Waals surface area (Å²) in [6.07, 6.45) is 2.79. The van der Waals surface area contributed by atoms with E-state index in [0.717, 1.165) is 16.8 Å². The number of carbonyl (C=O) groups is 1. The van der Waals surface area contributed by atoms with E-state index in [1.807, 2.05) is 26.1 Å². The zero-order valence-electron chi connectivity index (χ0n) is 15.8. The molecular weight excluding hydrogens is 332 g/mol. The number of aliphatic hydroxyl groups excluding tert-OH is 1. The van der Waals surface area contributed by atoms with Gasteiger partial charge < -0.3 is 15.4 Å². The van der Waals surface area contributed by atoms with Crippen molar-refractivity contribution < 1.29 is 9.90 Å². The normalized spacial score (nSPS) is 14.2. The topological polar surface area (TPSA) is 65.1 Å². The lowest BCUT2D eigenvalue weighted by Gasteiger charge is -2.24.